The van der Waals surface area contributed by atoms with Crippen LogP contribution in [0.2, 0.25) is 0 Å². The molecule has 2 unspecified atom stereocenters. The van der Waals surface area contributed by atoms with Crippen LogP contribution >= 0.6 is 11.8 Å². The van der Waals surface area contributed by atoms with E-state index in [4.69, 9.17) is 5.73 Å². The van der Waals surface area contributed by atoms with Crippen LogP contribution in [0.5, 0.6) is 0 Å². The first-order chi connectivity index (χ1) is 8.67. The minimum Gasteiger partial charge on any atom is -0.329 e. The molecule has 0 spiro atoms. The molecule has 0 saturated carbocycles. The van der Waals surface area contributed by atoms with E-state index >= 15 is 0 Å². The maximum absolute atomic E-state index is 6.05. The van der Waals surface area contributed by atoms with Crippen LogP contribution in [-0.4, -0.2) is 45.3 Å². The van der Waals surface area contributed by atoms with Crippen LogP contribution in [0.3, 0.4) is 0 Å². The number of hydrogen-bond acceptors (Lipinski definition) is 4. The van der Waals surface area contributed by atoms with Gasteiger partial charge in [-0.05, 0) is 13.3 Å². The number of rotatable bonds is 4. The Balaban J connectivity index is 2.26. The van der Waals surface area contributed by atoms with Crippen molar-refractivity contribution in [1.82, 2.24) is 14.7 Å². The predicted molar refractivity (Wildman–Crippen MR) is 77.9 cm³/mol. The van der Waals surface area contributed by atoms with Crippen LogP contribution < -0.4 is 5.73 Å². The topological polar surface area (TPSA) is 47.1 Å². The van der Waals surface area contributed by atoms with E-state index in [1.165, 1.54) is 22.8 Å². The molecular weight excluding hydrogens is 244 g/mol. The summed E-state index contributed by atoms with van der Waals surface area (Å²) < 4.78 is 1.92. The smallest absolute Gasteiger partial charge is 0.0670 e. The first kappa shape index (κ1) is 13.9. The molecule has 2 atom stereocenters. The van der Waals surface area contributed by atoms with E-state index < -0.39 is 0 Å². The zero-order valence-corrected chi connectivity index (χ0v) is 12.4. The van der Waals surface area contributed by atoms with Gasteiger partial charge in [0.1, 0.15) is 0 Å². The molecule has 0 aliphatic carbocycles. The van der Waals surface area contributed by atoms with E-state index in [-0.39, 0.29) is 0 Å². The molecule has 5 heteroatoms. The molecule has 0 bridgehead atoms. The molecule has 1 fully saturated rings. The summed E-state index contributed by atoms with van der Waals surface area (Å²) in [5, 5.41) is 4.55. The van der Waals surface area contributed by atoms with Gasteiger partial charge in [-0.15, -0.1) is 0 Å². The molecule has 1 aromatic heterocycles. The number of nitrogens with two attached hydrogens (primary N) is 1. The van der Waals surface area contributed by atoms with Crippen molar-refractivity contribution in [3.8, 4) is 0 Å². The quantitative estimate of drug-likeness (QED) is 0.897. The summed E-state index contributed by atoms with van der Waals surface area (Å²) in [6, 6.07) is 0.923. The highest BCUT2D eigenvalue weighted by molar-refractivity contribution is 7.99. The first-order valence-corrected chi connectivity index (χ1v) is 7.88. The molecule has 0 aromatic carbocycles. The van der Waals surface area contributed by atoms with Gasteiger partial charge in [0.05, 0.1) is 11.7 Å². The number of hydrogen-bond donors (Lipinski definition) is 1. The molecule has 4 nitrogen and oxygen atoms in total. The lowest BCUT2D eigenvalue weighted by atomic mass is 10.0. The van der Waals surface area contributed by atoms with E-state index in [1.807, 2.05) is 23.5 Å². The number of aryl methyl sites for hydroxylation is 2. The largest absolute Gasteiger partial charge is 0.329 e. The fourth-order valence-corrected chi connectivity index (χ4v) is 3.79. The Hall–Kier alpha value is -0.520. The lowest BCUT2D eigenvalue weighted by molar-refractivity contribution is 0.165. The van der Waals surface area contributed by atoms with Gasteiger partial charge in [-0.2, -0.15) is 16.9 Å². The number of nitrogens with zero attached hydrogens (tertiary/aromatic N) is 3. The van der Waals surface area contributed by atoms with Gasteiger partial charge in [-0.1, -0.05) is 6.92 Å². The summed E-state index contributed by atoms with van der Waals surface area (Å²) in [5.74, 6) is 2.42. The zero-order chi connectivity index (χ0) is 13.1. The van der Waals surface area contributed by atoms with Crippen LogP contribution in [0.1, 0.15) is 31.1 Å². The zero-order valence-electron chi connectivity index (χ0n) is 11.6. The Bertz CT molecular complexity index is 390. The molecular formula is C13H24N4S. The summed E-state index contributed by atoms with van der Waals surface area (Å²) in [6.45, 7) is 6.27. The highest BCUT2D eigenvalue weighted by Crippen LogP contribution is 2.28. The van der Waals surface area contributed by atoms with Crippen molar-refractivity contribution in [2.75, 3.05) is 24.6 Å². The lowest BCUT2D eigenvalue weighted by Crippen LogP contribution is -2.45. The van der Waals surface area contributed by atoms with E-state index in [0.29, 0.717) is 18.6 Å². The fourth-order valence-electron chi connectivity index (χ4n) is 2.75. The molecule has 1 aromatic rings. The van der Waals surface area contributed by atoms with Gasteiger partial charge in [0.15, 0.2) is 0 Å². The second-order valence-electron chi connectivity index (χ2n) is 4.97. The monoisotopic (exact) mass is 268 g/mol. The third kappa shape index (κ3) is 2.73. The number of thioether (sulfide) groups is 1. The third-order valence-corrected chi connectivity index (χ3v) is 4.86. The Kier molecular flexibility index (Phi) is 4.70. The molecule has 0 amide bonds. The van der Waals surface area contributed by atoms with Crippen LogP contribution in [-0.2, 0) is 13.5 Å². The van der Waals surface area contributed by atoms with Crippen molar-refractivity contribution >= 4 is 11.8 Å². The first-order valence-electron chi connectivity index (χ1n) is 6.73. The summed E-state index contributed by atoms with van der Waals surface area (Å²) in [6.07, 6.45) is 3.12. The van der Waals surface area contributed by atoms with Gasteiger partial charge in [0, 0.05) is 49.4 Å². The van der Waals surface area contributed by atoms with Crippen molar-refractivity contribution in [1.29, 1.82) is 0 Å². The van der Waals surface area contributed by atoms with Crippen LogP contribution in [0, 0.1) is 0 Å². The molecule has 1 saturated heterocycles. The Labute approximate surface area is 114 Å². The molecule has 18 heavy (non-hydrogen) atoms. The second kappa shape index (κ2) is 6.08. The summed E-state index contributed by atoms with van der Waals surface area (Å²) in [7, 11) is 1.99. The van der Waals surface area contributed by atoms with Gasteiger partial charge < -0.3 is 5.73 Å². The normalized spacial score (nSPS) is 23.2. The minimum absolute atomic E-state index is 0.324. The number of aromatic nitrogens is 2. The Morgan fingerprint density at radius 3 is 3.00 bits per heavy atom. The van der Waals surface area contributed by atoms with Crippen molar-refractivity contribution in [3.05, 3.63) is 17.5 Å². The van der Waals surface area contributed by atoms with E-state index in [1.54, 1.807) is 0 Å². The Morgan fingerprint density at radius 2 is 2.39 bits per heavy atom. The van der Waals surface area contributed by atoms with Gasteiger partial charge in [0.25, 0.3) is 0 Å². The van der Waals surface area contributed by atoms with Crippen molar-refractivity contribution in [2.45, 2.75) is 32.4 Å². The average Bonchev–Trinajstić information content (AvgIpc) is 2.74. The van der Waals surface area contributed by atoms with Crippen molar-refractivity contribution < 1.29 is 0 Å². The SMILES string of the molecule is CCc1nn(C)cc1C(CN)N1CCSCC1C. The molecule has 1 aliphatic heterocycles. The van der Waals surface area contributed by atoms with Gasteiger partial charge in [-0.3, -0.25) is 9.58 Å². The van der Waals surface area contributed by atoms with E-state index in [2.05, 4.69) is 30.0 Å². The standard InChI is InChI=1S/C13H24N4S/c1-4-12-11(8-16(3)15-12)13(7-14)17-5-6-18-9-10(17)2/h8,10,13H,4-7,9,14H2,1-3H3. The van der Waals surface area contributed by atoms with Gasteiger partial charge in [-0.25, -0.2) is 0 Å². The average molecular weight is 268 g/mol. The highest BCUT2D eigenvalue weighted by atomic mass is 32.2. The summed E-state index contributed by atoms with van der Waals surface area (Å²) in [5.41, 5.74) is 8.56. The van der Waals surface area contributed by atoms with Gasteiger partial charge >= 0.3 is 0 Å². The molecule has 0 radical (unpaired) electrons. The second-order valence-corrected chi connectivity index (χ2v) is 6.12. The summed E-state index contributed by atoms with van der Waals surface area (Å²) in [4.78, 5) is 2.55. The van der Waals surface area contributed by atoms with Crippen molar-refractivity contribution in [3.63, 3.8) is 0 Å². The van der Waals surface area contributed by atoms with E-state index in [9.17, 15) is 0 Å². The third-order valence-electron chi connectivity index (χ3n) is 3.67. The van der Waals surface area contributed by atoms with Crippen molar-refractivity contribution in [2.24, 2.45) is 12.8 Å². The van der Waals surface area contributed by atoms with Gasteiger partial charge in [0.2, 0.25) is 0 Å². The maximum atomic E-state index is 6.05. The summed E-state index contributed by atoms with van der Waals surface area (Å²) >= 11 is 2.04. The van der Waals surface area contributed by atoms with E-state index in [0.717, 1.165) is 13.0 Å². The molecule has 102 valence electrons. The Morgan fingerprint density at radius 1 is 1.61 bits per heavy atom. The van der Waals surface area contributed by atoms with Crippen LogP contribution in [0.4, 0.5) is 0 Å². The van der Waals surface area contributed by atoms with Crippen LogP contribution in [0.25, 0.3) is 0 Å². The molecule has 1 aliphatic rings. The highest BCUT2D eigenvalue weighted by Gasteiger charge is 2.28. The maximum Gasteiger partial charge on any atom is 0.0670 e. The van der Waals surface area contributed by atoms with Crippen LogP contribution in [0.15, 0.2) is 6.20 Å². The molecule has 2 rings (SSSR count). The predicted octanol–water partition coefficient (Wildman–Crippen LogP) is 1.42. The molecule has 2 N–H and O–H groups in total. The lowest BCUT2D eigenvalue weighted by Gasteiger charge is -2.38. The molecule has 2 heterocycles. The minimum atomic E-state index is 0.324. The fraction of sp³-hybridized carbons (Fsp3) is 0.769.